The number of hydrogen-bond acceptors (Lipinski definition) is 2. The van der Waals surface area contributed by atoms with Crippen LogP contribution in [-0.4, -0.2) is 9.55 Å². The van der Waals surface area contributed by atoms with Crippen molar-refractivity contribution in [3.8, 4) is 11.8 Å². The van der Waals surface area contributed by atoms with E-state index in [0.717, 1.165) is 16.6 Å². The molecule has 0 unspecified atom stereocenters. The van der Waals surface area contributed by atoms with E-state index in [0.29, 0.717) is 16.0 Å². The fourth-order valence-electron chi connectivity index (χ4n) is 2.27. The monoisotopic (exact) mass is 283 g/mol. The van der Waals surface area contributed by atoms with Crippen molar-refractivity contribution in [3.05, 3.63) is 58.1 Å². The Kier molecular flexibility index (Phi) is 2.88. The molecule has 20 heavy (non-hydrogen) atoms. The molecule has 0 saturated heterocycles. The van der Waals surface area contributed by atoms with Crippen LogP contribution in [0.4, 0.5) is 4.39 Å². The minimum Gasteiger partial charge on any atom is -0.330 e. The van der Waals surface area contributed by atoms with Crippen molar-refractivity contribution in [2.45, 2.75) is 6.92 Å². The van der Waals surface area contributed by atoms with E-state index in [1.165, 1.54) is 12.1 Å². The normalized spacial score (nSPS) is 10.7. The lowest BCUT2D eigenvalue weighted by atomic mass is 10.2. The van der Waals surface area contributed by atoms with E-state index in [4.69, 9.17) is 17.5 Å². The Labute approximate surface area is 119 Å². The van der Waals surface area contributed by atoms with Crippen LogP contribution in [0, 0.1) is 28.8 Å². The summed E-state index contributed by atoms with van der Waals surface area (Å²) in [7, 11) is 0. The molecule has 0 amide bonds. The number of rotatable bonds is 1. The van der Waals surface area contributed by atoms with Crippen molar-refractivity contribution in [1.82, 2.24) is 9.55 Å². The molecule has 0 saturated carbocycles. The summed E-state index contributed by atoms with van der Waals surface area (Å²) in [6.07, 6.45) is 0. The molecule has 3 aromatic rings. The summed E-state index contributed by atoms with van der Waals surface area (Å²) in [6.45, 7) is 1.83. The number of hydrogen-bond donors (Lipinski definition) is 1. The second-order valence-electron chi connectivity index (χ2n) is 4.60. The molecule has 0 bridgehead atoms. The molecule has 1 N–H and O–H groups in total. The number of fused-ring (bicyclic) bond motifs is 1. The number of nitrogens with one attached hydrogen (secondary N) is 1. The van der Waals surface area contributed by atoms with Gasteiger partial charge in [-0.1, -0.05) is 0 Å². The summed E-state index contributed by atoms with van der Waals surface area (Å²) in [5.41, 5.74) is 3.57. The second kappa shape index (κ2) is 4.58. The zero-order valence-corrected chi connectivity index (χ0v) is 11.5. The van der Waals surface area contributed by atoms with Gasteiger partial charge in [-0.3, -0.25) is 4.57 Å². The Balaban J connectivity index is 2.38. The van der Waals surface area contributed by atoms with Crippen LogP contribution in [0.3, 0.4) is 0 Å². The van der Waals surface area contributed by atoms with E-state index < -0.39 is 0 Å². The third-order valence-electron chi connectivity index (χ3n) is 3.10. The van der Waals surface area contributed by atoms with Crippen molar-refractivity contribution < 1.29 is 4.39 Å². The standard InChI is InChI=1S/C15H10FN3S/c1-9-4-11(16)7-12(5-9)19-14-6-10(8-17)2-3-13(14)18-15(19)20/h2-7H,1H3,(H,18,20). The smallest absolute Gasteiger partial charge is 0.182 e. The highest BCUT2D eigenvalue weighted by Gasteiger charge is 2.09. The summed E-state index contributed by atoms with van der Waals surface area (Å²) < 4.78 is 15.8. The molecular weight excluding hydrogens is 273 g/mol. The van der Waals surface area contributed by atoms with Crippen LogP contribution >= 0.6 is 12.2 Å². The summed E-state index contributed by atoms with van der Waals surface area (Å²) in [6, 6.07) is 12.1. The Morgan fingerprint density at radius 2 is 2.05 bits per heavy atom. The molecule has 1 heterocycles. The molecule has 2 aromatic carbocycles. The van der Waals surface area contributed by atoms with E-state index in [9.17, 15) is 4.39 Å². The second-order valence-corrected chi connectivity index (χ2v) is 4.98. The molecule has 0 fully saturated rings. The Bertz CT molecular complexity index is 895. The predicted octanol–water partition coefficient (Wildman–Crippen LogP) is 4.01. The predicted molar refractivity (Wildman–Crippen MR) is 77.9 cm³/mol. The minimum absolute atomic E-state index is 0.312. The number of benzene rings is 2. The maximum Gasteiger partial charge on any atom is 0.182 e. The fourth-order valence-corrected chi connectivity index (χ4v) is 2.59. The molecule has 5 heteroatoms. The lowest BCUT2D eigenvalue weighted by Gasteiger charge is -2.06. The fraction of sp³-hybridized carbons (Fsp3) is 0.0667. The van der Waals surface area contributed by atoms with Crippen molar-refractivity contribution >= 4 is 23.3 Å². The maximum absolute atomic E-state index is 13.6. The van der Waals surface area contributed by atoms with Gasteiger partial charge in [-0.25, -0.2) is 4.39 Å². The van der Waals surface area contributed by atoms with Crippen molar-refractivity contribution in [2.75, 3.05) is 0 Å². The lowest BCUT2D eigenvalue weighted by Crippen LogP contribution is -1.96. The molecule has 3 nitrogen and oxygen atoms in total. The Hall–Kier alpha value is -2.45. The Morgan fingerprint density at radius 1 is 1.25 bits per heavy atom. The van der Waals surface area contributed by atoms with E-state index in [1.54, 1.807) is 22.8 Å². The zero-order chi connectivity index (χ0) is 14.3. The van der Waals surface area contributed by atoms with Gasteiger partial charge in [0.05, 0.1) is 28.4 Å². The average Bonchev–Trinajstić information content (AvgIpc) is 2.72. The molecule has 0 atom stereocenters. The van der Waals surface area contributed by atoms with Crippen LogP contribution in [0.5, 0.6) is 0 Å². The molecule has 0 aliphatic heterocycles. The third-order valence-corrected chi connectivity index (χ3v) is 3.38. The van der Waals surface area contributed by atoms with Crippen LogP contribution in [0.25, 0.3) is 16.7 Å². The van der Waals surface area contributed by atoms with Crippen LogP contribution in [0.1, 0.15) is 11.1 Å². The first kappa shape index (κ1) is 12.6. The number of aryl methyl sites for hydroxylation is 1. The molecule has 3 rings (SSSR count). The van der Waals surface area contributed by atoms with Gasteiger partial charge >= 0.3 is 0 Å². The topological polar surface area (TPSA) is 44.5 Å². The summed E-state index contributed by atoms with van der Waals surface area (Å²) >= 11 is 5.30. The van der Waals surface area contributed by atoms with Gasteiger partial charge in [0.1, 0.15) is 5.82 Å². The van der Waals surface area contributed by atoms with Gasteiger partial charge in [-0.05, 0) is 61.1 Å². The highest BCUT2D eigenvalue weighted by atomic mass is 32.1. The zero-order valence-electron chi connectivity index (χ0n) is 10.6. The average molecular weight is 283 g/mol. The van der Waals surface area contributed by atoms with E-state index in [2.05, 4.69) is 11.1 Å². The maximum atomic E-state index is 13.6. The van der Waals surface area contributed by atoms with Crippen LogP contribution in [0.15, 0.2) is 36.4 Å². The van der Waals surface area contributed by atoms with E-state index in [1.807, 2.05) is 13.0 Å². The number of H-pyrrole nitrogens is 1. The van der Waals surface area contributed by atoms with Gasteiger partial charge in [0.25, 0.3) is 0 Å². The summed E-state index contributed by atoms with van der Waals surface area (Å²) in [5, 5.41) is 9.00. The molecular formula is C15H10FN3S. The number of aromatic nitrogens is 2. The molecule has 0 spiro atoms. The Morgan fingerprint density at radius 3 is 2.75 bits per heavy atom. The number of imidazole rings is 1. The van der Waals surface area contributed by atoms with Crippen LogP contribution in [0.2, 0.25) is 0 Å². The number of nitrogens with zero attached hydrogens (tertiary/aromatic N) is 2. The van der Waals surface area contributed by atoms with Crippen LogP contribution in [-0.2, 0) is 0 Å². The van der Waals surface area contributed by atoms with Crippen molar-refractivity contribution in [1.29, 1.82) is 5.26 Å². The quantitative estimate of drug-likeness (QED) is 0.686. The summed E-state index contributed by atoms with van der Waals surface area (Å²) in [4.78, 5) is 3.06. The lowest BCUT2D eigenvalue weighted by molar-refractivity contribution is 0.625. The highest BCUT2D eigenvalue weighted by molar-refractivity contribution is 7.71. The van der Waals surface area contributed by atoms with Crippen LogP contribution < -0.4 is 0 Å². The van der Waals surface area contributed by atoms with Gasteiger partial charge in [0, 0.05) is 0 Å². The number of halogens is 1. The first-order valence-electron chi connectivity index (χ1n) is 6.01. The summed E-state index contributed by atoms with van der Waals surface area (Å²) in [5.74, 6) is -0.312. The first-order valence-corrected chi connectivity index (χ1v) is 6.42. The minimum atomic E-state index is -0.312. The van der Waals surface area contributed by atoms with Gasteiger partial charge < -0.3 is 4.98 Å². The molecule has 0 aliphatic carbocycles. The molecule has 98 valence electrons. The van der Waals surface area contributed by atoms with Gasteiger partial charge in [0.15, 0.2) is 4.77 Å². The molecule has 1 aromatic heterocycles. The number of nitriles is 1. The SMILES string of the molecule is Cc1cc(F)cc(-n2c(=S)[nH]c3ccc(C#N)cc32)c1. The highest BCUT2D eigenvalue weighted by Crippen LogP contribution is 2.22. The molecule has 0 radical (unpaired) electrons. The van der Waals surface area contributed by atoms with Gasteiger partial charge in [-0.2, -0.15) is 5.26 Å². The largest absolute Gasteiger partial charge is 0.330 e. The molecule has 0 aliphatic rings. The van der Waals surface area contributed by atoms with E-state index >= 15 is 0 Å². The van der Waals surface area contributed by atoms with Gasteiger partial charge in [0.2, 0.25) is 0 Å². The van der Waals surface area contributed by atoms with E-state index in [-0.39, 0.29) is 5.82 Å². The van der Waals surface area contributed by atoms with Crippen molar-refractivity contribution in [3.63, 3.8) is 0 Å². The first-order chi connectivity index (χ1) is 9.58. The third kappa shape index (κ3) is 2.00. The van der Waals surface area contributed by atoms with Gasteiger partial charge in [-0.15, -0.1) is 0 Å². The number of aromatic amines is 1. The van der Waals surface area contributed by atoms with Crippen molar-refractivity contribution in [2.24, 2.45) is 0 Å².